The predicted molar refractivity (Wildman–Crippen MR) is 55.0 cm³/mol. The molecule has 1 N–H and O–H groups in total. The second kappa shape index (κ2) is 3.56. The molecule has 2 nitrogen and oxygen atoms in total. The van der Waals surface area contributed by atoms with E-state index in [1.54, 1.807) is 0 Å². The number of carboxylic acids is 1. The van der Waals surface area contributed by atoms with E-state index in [2.05, 4.69) is 6.92 Å². The van der Waals surface area contributed by atoms with Gasteiger partial charge in [0.15, 0.2) is 0 Å². The average molecular weight is 196 g/mol. The second-order valence-electron chi connectivity index (χ2n) is 5.33. The highest BCUT2D eigenvalue weighted by atomic mass is 16.4. The van der Waals surface area contributed by atoms with Crippen molar-refractivity contribution in [2.45, 2.75) is 51.9 Å². The van der Waals surface area contributed by atoms with E-state index < -0.39 is 5.97 Å². The molecule has 0 bridgehead atoms. The summed E-state index contributed by atoms with van der Waals surface area (Å²) in [5, 5.41) is 9.20. The summed E-state index contributed by atoms with van der Waals surface area (Å²) in [5.74, 6) is 0.239. The smallest absolute Gasteiger partial charge is 0.307 e. The molecule has 1 spiro atoms. The van der Waals surface area contributed by atoms with E-state index in [1.807, 2.05) is 0 Å². The molecule has 80 valence electrons. The van der Waals surface area contributed by atoms with Crippen molar-refractivity contribution in [3.63, 3.8) is 0 Å². The lowest BCUT2D eigenvalue weighted by Gasteiger charge is -2.39. The van der Waals surface area contributed by atoms with Gasteiger partial charge < -0.3 is 5.11 Å². The van der Waals surface area contributed by atoms with Gasteiger partial charge in [0.05, 0.1) is 5.92 Å². The molecule has 2 aliphatic rings. The summed E-state index contributed by atoms with van der Waals surface area (Å²) in [6, 6.07) is 0. The molecule has 1 unspecified atom stereocenters. The van der Waals surface area contributed by atoms with Gasteiger partial charge in [-0.05, 0) is 37.0 Å². The maximum Gasteiger partial charge on any atom is 0.307 e. The Hall–Kier alpha value is -0.530. The number of hydrogen-bond donors (Lipinski definition) is 1. The molecule has 2 heteroatoms. The summed E-state index contributed by atoms with van der Waals surface area (Å²) in [7, 11) is 0. The molecule has 0 aromatic rings. The Bertz CT molecular complexity index is 226. The zero-order valence-corrected chi connectivity index (χ0v) is 8.96. The summed E-state index contributed by atoms with van der Waals surface area (Å²) in [6.07, 6.45) is 8.01. The number of carbonyl (C=O) groups is 1. The minimum absolute atomic E-state index is 0.0324. The van der Waals surface area contributed by atoms with Crippen molar-refractivity contribution in [3.05, 3.63) is 0 Å². The van der Waals surface area contributed by atoms with Crippen LogP contribution in [0.2, 0.25) is 0 Å². The van der Waals surface area contributed by atoms with Crippen LogP contribution in [-0.2, 0) is 4.79 Å². The maximum atomic E-state index is 11.2. The maximum absolute atomic E-state index is 11.2. The van der Waals surface area contributed by atoms with Crippen LogP contribution in [0.5, 0.6) is 0 Å². The van der Waals surface area contributed by atoms with Crippen LogP contribution in [0.25, 0.3) is 0 Å². The highest BCUT2D eigenvalue weighted by Crippen LogP contribution is 2.53. The molecule has 1 atom stereocenters. The zero-order valence-electron chi connectivity index (χ0n) is 8.96. The Morgan fingerprint density at radius 2 is 1.86 bits per heavy atom. The summed E-state index contributed by atoms with van der Waals surface area (Å²) in [6.45, 7) is 2.29. The minimum atomic E-state index is -0.544. The Morgan fingerprint density at radius 1 is 1.21 bits per heavy atom. The van der Waals surface area contributed by atoms with Crippen LogP contribution < -0.4 is 0 Å². The SMILES string of the molecule is CC1CCC2(CCCC2C(=O)O)CC1. The van der Waals surface area contributed by atoms with Crippen LogP contribution in [0, 0.1) is 17.3 Å². The highest BCUT2D eigenvalue weighted by molar-refractivity contribution is 5.71. The topological polar surface area (TPSA) is 37.3 Å². The van der Waals surface area contributed by atoms with Crippen molar-refractivity contribution >= 4 is 5.97 Å². The van der Waals surface area contributed by atoms with Crippen LogP contribution in [0.4, 0.5) is 0 Å². The molecule has 2 rings (SSSR count). The Balaban J connectivity index is 2.10. The lowest BCUT2D eigenvalue weighted by molar-refractivity contribution is -0.146. The molecule has 2 fully saturated rings. The van der Waals surface area contributed by atoms with Gasteiger partial charge in [0.2, 0.25) is 0 Å². The van der Waals surface area contributed by atoms with E-state index in [9.17, 15) is 9.90 Å². The summed E-state index contributed by atoms with van der Waals surface area (Å²) in [4.78, 5) is 11.2. The van der Waals surface area contributed by atoms with Gasteiger partial charge >= 0.3 is 5.97 Å². The van der Waals surface area contributed by atoms with Gasteiger partial charge in [-0.1, -0.05) is 26.2 Å². The van der Waals surface area contributed by atoms with Crippen molar-refractivity contribution in [1.82, 2.24) is 0 Å². The molecule has 14 heavy (non-hydrogen) atoms. The predicted octanol–water partition coefficient (Wildman–Crippen LogP) is 3.07. The monoisotopic (exact) mass is 196 g/mol. The lowest BCUT2D eigenvalue weighted by Crippen LogP contribution is -2.34. The van der Waals surface area contributed by atoms with E-state index in [-0.39, 0.29) is 11.3 Å². The van der Waals surface area contributed by atoms with Crippen molar-refractivity contribution < 1.29 is 9.90 Å². The third-order valence-electron chi connectivity index (χ3n) is 4.47. The minimum Gasteiger partial charge on any atom is -0.481 e. The van der Waals surface area contributed by atoms with Crippen LogP contribution in [0.3, 0.4) is 0 Å². The first-order valence-corrected chi connectivity index (χ1v) is 5.87. The third kappa shape index (κ3) is 1.55. The molecule has 0 aromatic carbocycles. The molecule has 2 aliphatic carbocycles. The van der Waals surface area contributed by atoms with Crippen LogP contribution in [0.1, 0.15) is 51.9 Å². The Labute approximate surface area is 85.7 Å². The largest absolute Gasteiger partial charge is 0.481 e. The van der Waals surface area contributed by atoms with Gasteiger partial charge in [-0.15, -0.1) is 0 Å². The molecule has 0 saturated heterocycles. The molecule has 2 saturated carbocycles. The summed E-state index contributed by atoms with van der Waals surface area (Å²) >= 11 is 0. The van der Waals surface area contributed by atoms with Crippen molar-refractivity contribution in [3.8, 4) is 0 Å². The second-order valence-corrected chi connectivity index (χ2v) is 5.33. The lowest BCUT2D eigenvalue weighted by atomic mass is 9.65. The Morgan fingerprint density at radius 3 is 2.43 bits per heavy atom. The fourth-order valence-electron chi connectivity index (χ4n) is 3.46. The number of rotatable bonds is 1. The molecular formula is C12H20O2. The molecule has 0 radical (unpaired) electrons. The van der Waals surface area contributed by atoms with Crippen LogP contribution in [0.15, 0.2) is 0 Å². The van der Waals surface area contributed by atoms with E-state index in [4.69, 9.17) is 0 Å². The first kappa shape index (κ1) is 10.0. The highest BCUT2D eigenvalue weighted by Gasteiger charge is 2.47. The number of aliphatic carboxylic acids is 1. The van der Waals surface area contributed by atoms with Gasteiger partial charge in [-0.25, -0.2) is 0 Å². The third-order valence-corrected chi connectivity index (χ3v) is 4.47. The first-order chi connectivity index (χ1) is 6.64. The van der Waals surface area contributed by atoms with Gasteiger partial charge in [0.25, 0.3) is 0 Å². The van der Waals surface area contributed by atoms with Crippen molar-refractivity contribution in [2.75, 3.05) is 0 Å². The Kier molecular flexibility index (Phi) is 2.54. The summed E-state index contributed by atoms with van der Waals surface area (Å²) < 4.78 is 0. The summed E-state index contributed by atoms with van der Waals surface area (Å²) in [5.41, 5.74) is 0.193. The normalized spacial score (nSPS) is 42.9. The van der Waals surface area contributed by atoms with Gasteiger partial charge in [0, 0.05) is 0 Å². The van der Waals surface area contributed by atoms with Gasteiger partial charge in [-0.3, -0.25) is 4.79 Å². The molecule has 0 aromatic heterocycles. The fourth-order valence-corrected chi connectivity index (χ4v) is 3.46. The number of hydrogen-bond acceptors (Lipinski definition) is 1. The molecular weight excluding hydrogens is 176 g/mol. The van der Waals surface area contributed by atoms with Crippen molar-refractivity contribution in [1.29, 1.82) is 0 Å². The zero-order chi connectivity index (χ0) is 10.2. The van der Waals surface area contributed by atoms with E-state index in [1.165, 1.54) is 12.8 Å². The molecule has 0 amide bonds. The van der Waals surface area contributed by atoms with E-state index in [0.717, 1.165) is 38.0 Å². The molecule has 0 heterocycles. The first-order valence-electron chi connectivity index (χ1n) is 5.87. The average Bonchev–Trinajstić information content (AvgIpc) is 2.55. The van der Waals surface area contributed by atoms with E-state index in [0.29, 0.717) is 0 Å². The standard InChI is InChI=1S/C12H20O2/c1-9-4-7-12(8-5-9)6-2-3-10(12)11(13)14/h9-10H,2-8H2,1H3,(H,13,14). The molecule has 0 aliphatic heterocycles. The van der Waals surface area contributed by atoms with Gasteiger partial charge in [0.1, 0.15) is 0 Å². The van der Waals surface area contributed by atoms with Crippen molar-refractivity contribution in [2.24, 2.45) is 17.3 Å². The van der Waals surface area contributed by atoms with Gasteiger partial charge in [-0.2, -0.15) is 0 Å². The quantitative estimate of drug-likeness (QED) is 0.699. The fraction of sp³-hybridized carbons (Fsp3) is 0.917. The number of carboxylic acid groups (broad SMARTS) is 1. The van der Waals surface area contributed by atoms with E-state index >= 15 is 0 Å². The van der Waals surface area contributed by atoms with Crippen LogP contribution >= 0.6 is 0 Å². The van der Waals surface area contributed by atoms with Crippen LogP contribution in [-0.4, -0.2) is 11.1 Å².